The van der Waals surface area contributed by atoms with Gasteiger partial charge in [-0.1, -0.05) is 29.9 Å². The molecule has 2 rings (SSSR count). The number of nitrogens with two attached hydrogens (primary N) is 1. The summed E-state index contributed by atoms with van der Waals surface area (Å²) in [4.78, 5) is 2.42. The third kappa shape index (κ3) is 2.46. The van der Waals surface area contributed by atoms with E-state index in [-0.39, 0.29) is 0 Å². The topological polar surface area (TPSA) is 47.1 Å². The van der Waals surface area contributed by atoms with Gasteiger partial charge in [-0.05, 0) is 26.0 Å². The highest BCUT2D eigenvalue weighted by Crippen LogP contribution is 2.28. The van der Waals surface area contributed by atoms with E-state index in [0.717, 1.165) is 22.8 Å². The monoisotopic (exact) mass is 274 g/mol. The molecule has 2 aromatic rings. The quantitative estimate of drug-likeness (QED) is 0.873. The number of rotatable bonds is 3. The summed E-state index contributed by atoms with van der Waals surface area (Å²) in [5.74, 6) is 0.911. The van der Waals surface area contributed by atoms with Crippen molar-refractivity contribution in [2.24, 2.45) is 12.8 Å². The lowest BCUT2D eigenvalue weighted by Gasteiger charge is -2.21. The molecule has 0 aliphatic rings. The highest BCUT2D eigenvalue weighted by Gasteiger charge is 2.19. The van der Waals surface area contributed by atoms with Crippen LogP contribution >= 0.6 is 12.2 Å². The first-order valence-electron chi connectivity index (χ1n) is 6.05. The highest BCUT2D eigenvalue weighted by atomic mass is 32.1. The molecule has 0 spiro atoms. The molecule has 100 valence electrons. The Hall–Kier alpha value is -1.88. The van der Waals surface area contributed by atoms with E-state index in [9.17, 15) is 0 Å². The number of nitrogens with zero attached hydrogens (tertiary/aromatic N) is 3. The minimum atomic E-state index is 0.375. The standard InChI is InChI=1S/C14H18N4S/c1-9-5-7-11(8-6-9)17(3)14-12(13(15)19)10(2)16-18(14)4/h5-8H,1-4H3,(H2,15,19). The SMILES string of the molecule is Cc1ccc(N(C)c2c(C(N)=S)c(C)nn2C)cc1. The van der Waals surface area contributed by atoms with Crippen molar-refractivity contribution in [3.8, 4) is 0 Å². The maximum atomic E-state index is 5.82. The van der Waals surface area contributed by atoms with Crippen LogP contribution in [-0.4, -0.2) is 21.8 Å². The van der Waals surface area contributed by atoms with Gasteiger partial charge in [-0.15, -0.1) is 0 Å². The molecule has 19 heavy (non-hydrogen) atoms. The van der Waals surface area contributed by atoms with Crippen LogP contribution in [0.2, 0.25) is 0 Å². The average molecular weight is 274 g/mol. The van der Waals surface area contributed by atoms with Gasteiger partial charge in [0, 0.05) is 19.8 Å². The molecule has 0 radical (unpaired) electrons. The van der Waals surface area contributed by atoms with Crippen LogP contribution in [0.5, 0.6) is 0 Å². The molecule has 0 fully saturated rings. The first kappa shape index (κ1) is 13.5. The molecule has 1 heterocycles. The van der Waals surface area contributed by atoms with E-state index in [1.54, 1.807) is 0 Å². The van der Waals surface area contributed by atoms with E-state index in [1.807, 2.05) is 30.6 Å². The van der Waals surface area contributed by atoms with Gasteiger partial charge in [-0.2, -0.15) is 5.10 Å². The largest absolute Gasteiger partial charge is 0.389 e. The molecule has 0 saturated heterocycles. The molecule has 5 heteroatoms. The molecule has 2 N–H and O–H groups in total. The van der Waals surface area contributed by atoms with Crippen LogP contribution in [0.4, 0.5) is 11.5 Å². The zero-order valence-electron chi connectivity index (χ0n) is 11.6. The Balaban J connectivity index is 2.52. The van der Waals surface area contributed by atoms with E-state index in [1.165, 1.54) is 5.56 Å². The molecule has 0 bridgehead atoms. The molecular formula is C14H18N4S. The Morgan fingerprint density at radius 3 is 2.37 bits per heavy atom. The van der Waals surface area contributed by atoms with Crippen molar-refractivity contribution >= 4 is 28.7 Å². The maximum Gasteiger partial charge on any atom is 0.141 e. The second-order valence-corrected chi connectivity index (χ2v) is 5.11. The van der Waals surface area contributed by atoms with E-state index in [4.69, 9.17) is 18.0 Å². The zero-order chi connectivity index (χ0) is 14.2. The zero-order valence-corrected chi connectivity index (χ0v) is 12.5. The fraction of sp³-hybridized carbons (Fsp3) is 0.286. The average Bonchev–Trinajstić information content (AvgIpc) is 2.64. The molecule has 0 amide bonds. The summed E-state index contributed by atoms with van der Waals surface area (Å²) in [5, 5.41) is 4.40. The van der Waals surface area contributed by atoms with Crippen LogP contribution in [0.1, 0.15) is 16.8 Å². The molecule has 0 aliphatic carbocycles. The van der Waals surface area contributed by atoms with Crippen LogP contribution < -0.4 is 10.6 Å². The molecule has 0 aliphatic heterocycles. The van der Waals surface area contributed by atoms with Crippen molar-refractivity contribution in [2.45, 2.75) is 13.8 Å². The van der Waals surface area contributed by atoms with Crippen LogP contribution in [0.25, 0.3) is 0 Å². The number of anilines is 2. The molecule has 1 aromatic carbocycles. The van der Waals surface area contributed by atoms with E-state index < -0.39 is 0 Å². The molecule has 0 unspecified atom stereocenters. The van der Waals surface area contributed by atoms with Gasteiger partial charge in [-0.3, -0.25) is 4.68 Å². The Morgan fingerprint density at radius 1 is 1.26 bits per heavy atom. The first-order chi connectivity index (χ1) is 8.91. The van der Waals surface area contributed by atoms with Gasteiger partial charge < -0.3 is 10.6 Å². The second kappa shape index (κ2) is 5.01. The smallest absolute Gasteiger partial charge is 0.141 e. The number of hydrogen-bond acceptors (Lipinski definition) is 3. The third-order valence-corrected chi connectivity index (χ3v) is 3.38. The number of hydrogen-bond donors (Lipinski definition) is 1. The fourth-order valence-corrected chi connectivity index (χ4v) is 2.45. The minimum Gasteiger partial charge on any atom is -0.389 e. The van der Waals surface area contributed by atoms with E-state index in [2.05, 4.69) is 36.3 Å². The first-order valence-corrected chi connectivity index (χ1v) is 6.46. The molecule has 0 atom stereocenters. The van der Waals surface area contributed by atoms with E-state index in [0.29, 0.717) is 4.99 Å². The molecule has 4 nitrogen and oxygen atoms in total. The summed E-state index contributed by atoms with van der Waals surface area (Å²) in [6, 6.07) is 8.30. The minimum absolute atomic E-state index is 0.375. The number of aromatic nitrogens is 2. The number of aryl methyl sites for hydroxylation is 3. The van der Waals surface area contributed by atoms with Crippen molar-refractivity contribution in [2.75, 3.05) is 11.9 Å². The number of thiocarbonyl (C=S) groups is 1. The lowest BCUT2D eigenvalue weighted by molar-refractivity contribution is 0.750. The van der Waals surface area contributed by atoms with Crippen LogP contribution in [0.3, 0.4) is 0 Å². The predicted octanol–water partition coefficient (Wildman–Crippen LogP) is 2.44. The van der Waals surface area contributed by atoms with Gasteiger partial charge in [0.1, 0.15) is 10.8 Å². The van der Waals surface area contributed by atoms with E-state index >= 15 is 0 Å². The van der Waals surface area contributed by atoms with Gasteiger partial charge in [-0.25, -0.2) is 0 Å². The van der Waals surface area contributed by atoms with Crippen LogP contribution in [0.15, 0.2) is 24.3 Å². The van der Waals surface area contributed by atoms with Crippen molar-refractivity contribution in [1.29, 1.82) is 0 Å². The Labute approximate surface area is 118 Å². The predicted molar refractivity (Wildman–Crippen MR) is 83.1 cm³/mol. The van der Waals surface area contributed by atoms with Gasteiger partial charge in [0.05, 0.1) is 11.3 Å². The fourth-order valence-electron chi connectivity index (χ4n) is 2.21. The molecular weight excluding hydrogens is 256 g/mol. The van der Waals surface area contributed by atoms with Gasteiger partial charge in [0.15, 0.2) is 0 Å². The second-order valence-electron chi connectivity index (χ2n) is 4.67. The Kier molecular flexibility index (Phi) is 3.57. The van der Waals surface area contributed by atoms with Crippen LogP contribution in [-0.2, 0) is 7.05 Å². The summed E-state index contributed by atoms with van der Waals surface area (Å²) in [6.45, 7) is 3.99. The number of benzene rings is 1. The van der Waals surface area contributed by atoms with Gasteiger partial charge in [0.25, 0.3) is 0 Å². The van der Waals surface area contributed by atoms with Crippen LogP contribution in [0, 0.1) is 13.8 Å². The normalized spacial score (nSPS) is 10.5. The summed E-state index contributed by atoms with van der Waals surface area (Å²) < 4.78 is 1.81. The van der Waals surface area contributed by atoms with Gasteiger partial charge in [0.2, 0.25) is 0 Å². The summed E-state index contributed by atoms with van der Waals surface area (Å²) in [5.41, 5.74) is 9.81. The Morgan fingerprint density at radius 2 is 1.84 bits per heavy atom. The summed E-state index contributed by atoms with van der Waals surface area (Å²) in [7, 11) is 3.89. The highest BCUT2D eigenvalue weighted by molar-refractivity contribution is 7.80. The third-order valence-electron chi connectivity index (χ3n) is 3.18. The summed E-state index contributed by atoms with van der Waals surface area (Å²) >= 11 is 5.14. The van der Waals surface area contributed by atoms with Gasteiger partial charge >= 0.3 is 0 Å². The van der Waals surface area contributed by atoms with Crippen molar-refractivity contribution in [3.63, 3.8) is 0 Å². The van der Waals surface area contributed by atoms with Crippen molar-refractivity contribution in [3.05, 3.63) is 41.1 Å². The lowest BCUT2D eigenvalue weighted by atomic mass is 10.2. The molecule has 0 saturated carbocycles. The Bertz CT molecular complexity index is 613. The maximum absolute atomic E-state index is 5.82. The van der Waals surface area contributed by atoms with Crippen molar-refractivity contribution < 1.29 is 0 Å². The molecule has 1 aromatic heterocycles. The lowest BCUT2D eigenvalue weighted by Crippen LogP contribution is -2.19. The van der Waals surface area contributed by atoms with Crippen molar-refractivity contribution in [1.82, 2.24) is 9.78 Å². The summed E-state index contributed by atoms with van der Waals surface area (Å²) in [6.07, 6.45) is 0.